The van der Waals surface area contributed by atoms with Crippen molar-refractivity contribution in [1.29, 1.82) is 0 Å². The van der Waals surface area contributed by atoms with Crippen LogP contribution >= 0.6 is 11.6 Å². The monoisotopic (exact) mass is 353 g/mol. The summed E-state index contributed by atoms with van der Waals surface area (Å²) in [6.45, 7) is 4.16. The van der Waals surface area contributed by atoms with Crippen LogP contribution in [0.3, 0.4) is 0 Å². The van der Waals surface area contributed by atoms with Gasteiger partial charge in [-0.2, -0.15) is 0 Å². The number of rotatable bonds is 5. The predicted octanol–water partition coefficient (Wildman–Crippen LogP) is 5.98. The number of halogens is 1. The third-order valence-corrected chi connectivity index (χ3v) is 4.45. The maximum atomic E-state index is 12.6. The number of benzene rings is 2. The highest BCUT2D eigenvalue weighted by atomic mass is 35.5. The Morgan fingerprint density at radius 3 is 2.20 bits per heavy atom. The second kappa shape index (κ2) is 7.58. The van der Waals surface area contributed by atoms with Crippen molar-refractivity contribution in [3.05, 3.63) is 76.5 Å². The Labute approximate surface area is 152 Å². The summed E-state index contributed by atoms with van der Waals surface area (Å²) in [6, 6.07) is 16.9. The summed E-state index contributed by atoms with van der Waals surface area (Å²) in [4.78, 5) is 12.6. The summed E-state index contributed by atoms with van der Waals surface area (Å²) < 4.78 is 5.74. The molecule has 25 heavy (non-hydrogen) atoms. The molecule has 0 unspecified atom stereocenters. The van der Waals surface area contributed by atoms with Crippen molar-refractivity contribution in [3.8, 4) is 11.3 Å². The van der Waals surface area contributed by atoms with Gasteiger partial charge in [0.15, 0.2) is 5.76 Å². The lowest BCUT2D eigenvalue weighted by atomic mass is 10.0. The molecule has 3 rings (SSSR count). The summed E-state index contributed by atoms with van der Waals surface area (Å²) in [5.74, 6) is 0.690. The predicted molar refractivity (Wildman–Crippen MR) is 102 cm³/mol. The number of carbonyl (C=O) groups excluding carboxylic acids is 1. The second-order valence-corrected chi connectivity index (χ2v) is 6.22. The van der Waals surface area contributed by atoms with Gasteiger partial charge in [0.2, 0.25) is 0 Å². The first-order chi connectivity index (χ1) is 12.1. The van der Waals surface area contributed by atoms with Gasteiger partial charge in [-0.3, -0.25) is 4.79 Å². The summed E-state index contributed by atoms with van der Waals surface area (Å²) in [6.07, 6.45) is 1.72. The van der Waals surface area contributed by atoms with Gasteiger partial charge < -0.3 is 9.73 Å². The smallest absolute Gasteiger partial charge is 0.291 e. The number of hydrogen-bond donors (Lipinski definition) is 1. The lowest BCUT2D eigenvalue weighted by molar-refractivity contribution is 0.0997. The molecule has 128 valence electrons. The maximum absolute atomic E-state index is 12.6. The Morgan fingerprint density at radius 2 is 1.60 bits per heavy atom. The van der Waals surface area contributed by atoms with Crippen molar-refractivity contribution in [2.45, 2.75) is 26.7 Å². The Morgan fingerprint density at radius 1 is 0.960 bits per heavy atom. The largest absolute Gasteiger partial charge is 0.451 e. The average molecular weight is 354 g/mol. The van der Waals surface area contributed by atoms with Gasteiger partial charge in [0.05, 0.1) is 0 Å². The summed E-state index contributed by atoms with van der Waals surface area (Å²) >= 11 is 5.91. The van der Waals surface area contributed by atoms with Gasteiger partial charge in [-0.05, 0) is 60.4 Å². The van der Waals surface area contributed by atoms with Gasteiger partial charge >= 0.3 is 0 Å². The van der Waals surface area contributed by atoms with Crippen LogP contribution < -0.4 is 5.32 Å². The Balaban J connectivity index is 1.84. The minimum Gasteiger partial charge on any atom is -0.451 e. The van der Waals surface area contributed by atoms with E-state index in [1.807, 2.05) is 30.3 Å². The number of hydrogen-bond acceptors (Lipinski definition) is 2. The second-order valence-electron chi connectivity index (χ2n) is 5.78. The molecule has 1 aromatic heterocycles. The van der Waals surface area contributed by atoms with Crippen LogP contribution in [-0.4, -0.2) is 5.91 Å². The Kier molecular flexibility index (Phi) is 5.25. The van der Waals surface area contributed by atoms with Crippen LogP contribution in [0.4, 0.5) is 5.69 Å². The molecule has 1 N–H and O–H groups in total. The van der Waals surface area contributed by atoms with Crippen molar-refractivity contribution in [2.75, 3.05) is 5.32 Å². The zero-order valence-corrected chi connectivity index (χ0v) is 15.1. The lowest BCUT2D eigenvalue weighted by Crippen LogP contribution is -2.14. The Hall–Kier alpha value is -2.52. The fraction of sp³-hybridized carbons (Fsp3) is 0.190. The fourth-order valence-corrected chi connectivity index (χ4v) is 2.93. The maximum Gasteiger partial charge on any atom is 0.291 e. The first-order valence-electron chi connectivity index (χ1n) is 8.40. The number of furan rings is 1. The van der Waals surface area contributed by atoms with Gasteiger partial charge in [-0.25, -0.2) is 0 Å². The molecule has 2 aromatic carbocycles. The molecule has 0 aliphatic heterocycles. The van der Waals surface area contributed by atoms with E-state index in [0.717, 1.165) is 35.2 Å². The minimum absolute atomic E-state index is 0.240. The third kappa shape index (κ3) is 3.77. The number of aryl methyl sites for hydroxylation is 2. The molecule has 0 bridgehead atoms. The molecule has 0 saturated carbocycles. The zero-order valence-electron chi connectivity index (χ0n) is 14.3. The van der Waals surface area contributed by atoms with E-state index in [0.29, 0.717) is 10.8 Å². The van der Waals surface area contributed by atoms with Gasteiger partial charge in [-0.15, -0.1) is 0 Å². The van der Waals surface area contributed by atoms with E-state index >= 15 is 0 Å². The van der Waals surface area contributed by atoms with Crippen LogP contribution in [0.25, 0.3) is 11.3 Å². The minimum atomic E-state index is -0.240. The molecular formula is C21H20ClNO2. The van der Waals surface area contributed by atoms with Crippen LogP contribution in [-0.2, 0) is 12.8 Å². The van der Waals surface area contributed by atoms with E-state index in [1.165, 1.54) is 0 Å². The van der Waals surface area contributed by atoms with Gasteiger partial charge in [0.25, 0.3) is 5.91 Å². The van der Waals surface area contributed by atoms with Crippen LogP contribution in [0.5, 0.6) is 0 Å². The normalized spacial score (nSPS) is 10.7. The first kappa shape index (κ1) is 17.3. The molecule has 4 heteroatoms. The lowest BCUT2D eigenvalue weighted by Gasteiger charge is -2.13. The highest BCUT2D eigenvalue weighted by Gasteiger charge is 2.15. The highest BCUT2D eigenvalue weighted by molar-refractivity contribution is 6.30. The summed E-state index contributed by atoms with van der Waals surface area (Å²) in [5.41, 5.74) is 4.02. The molecule has 0 atom stereocenters. The standard InChI is InChI=1S/C21H20ClNO2/c1-3-14-6-5-7-15(4-2)20(14)23-21(24)19-13-12-18(25-19)16-8-10-17(22)11-9-16/h5-13H,3-4H2,1-2H3,(H,23,24). The van der Waals surface area contributed by atoms with Crippen molar-refractivity contribution >= 4 is 23.2 Å². The zero-order chi connectivity index (χ0) is 17.8. The molecule has 0 aliphatic carbocycles. The quantitative estimate of drug-likeness (QED) is 0.613. The number of amides is 1. The molecule has 0 spiro atoms. The SMILES string of the molecule is CCc1cccc(CC)c1NC(=O)c1ccc(-c2ccc(Cl)cc2)o1. The van der Waals surface area contributed by atoms with E-state index in [4.69, 9.17) is 16.0 Å². The summed E-state index contributed by atoms with van der Waals surface area (Å²) in [5, 5.41) is 3.68. The van der Waals surface area contributed by atoms with E-state index in [2.05, 4.69) is 19.2 Å². The molecule has 0 fully saturated rings. The van der Waals surface area contributed by atoms with Gasteiger partial charge in [0.1, 0.15) is 5.76 Å². The molecule has 1 heterocycles. The number of nitrogens with one attached hydrogen (secondary N) is 1. The van der Waals surface area contributed by atoms with Crippen LogP contribution in [0.2, 0.25) is 5.02 Å². The summed E-state index contributed by atoms with van der Waals surface area (Å²) in [7, 11) is 0. The van der Waals surface area contributed by atoms with Crippen molar-refractivity contribution in [2.24, 2.45) is 0 Å². The first-order valence-corrected chi connectivity index (χ1v) is 8.78. The van der Waals surface area contributed by atoms with E-state index < -0.39 is 0 Å². The number of para-hydroxylation sites is 1. The molecule has 0 saturated heterocycles. The molecular weight excluding hydrogens is 334 g/mol. The molecule has 0 radical (unpaired) electrons. The third-order valence-electron chi connectivity index (χ3n) is 4.20. The van der Waals surface area contributed by atoms with Crippen LogP contribution in [0.15, 0.2) is 59.0 Å². The fourth-order valence-electron chi connectivity index (χ4n) is 2.81. The highest BCUT2D eigenvalue weighted by Crippen LogP contribution is 2.26. The average Bonchev–Trinajstić information content (AvgIpc) is 3.12. The van der Waals surface area contributed by atoms with Crippen LogP contribution in [0, 0.1) is 0 Å². The molecule has 3 nitrogen and oxygen atoms in total. The Bertz CT molecular complexity index is 859. The topological polar surface area (TPSA) is 42.2 Å². The van der Waals surface area contributed by atoms with Crippen LogP contribution in [0.1, 0.15) is 35.5 Å². The van der Waals surface area contributed by atoms with Gasteiger partial charge in [-0.1, -0.05) is 43.6 Å². The van der Waals surface area contributed by atoms with Gasteiger partial charge in [0, 0.05) is 16.3 Å². The van der Waals surface area contributed by atoms with Crippen molar-refractivity contribution < 1.29 is 9.21 Å². The molecule has 1 amide bonds. The van der Waals surface area contributed by atoms with E-state index in [-0.39, 0.29) is 11.7 Å². The molecule has 3 aromatic rings. The number of carbonyl (C=O) groups is 1. The van der Waals surface area contributed by atoms with Crippen molar-refractivity contribution in [1.82, 2.24) is 0 Å². The van der Waals surface area contributed by atoms with Crippen molar-refractivity contribution in [3.63, 3.8) is 0 Å². The van der Waals surface area contributed by atoms with E-state index in [9.17, 15) is 4.79 Å². The molecule has 0 aliphatic rings. The number of anilines is 1. The van der Waals surface area contributed by atoms with E-state index in [1.54, 1.807) is 24.3 Å².